The highest BCUT2D eigenvalue weighted by molar-refractivity contribution is 6.22. The smallest absolute Gasteiger partial charge is 0.159 e. The summed E-state index contributed by atoms with van der Waals surface area (Å²) < 4.78 is 2.42. The number of hydrogen-bond acceptors (Lipinski definition) is 3. The second-order valence-electron chi connectivity index (χ2n) is 14.3. The van der Waals surface area contributed by atoms with Crippen LogP contribution < -0.4 is 5.32 Å². The van der Waals surface area contributed by atoms with Gasteiger partial charge < -0.3 is 9.88 Å². The Hall–Kier alpha value is -7.30. The molecule has 4 heteroatoms. The number of hydrogen-bond donors (Lipinski definition) is 1. The molecule has 0 spiro atoms. The molecular weight excluding hydrogens is 669 g/mol. The van der Waals surface area contributed by atoms with E-state index in [0.29, 0.717) is 5.84 Å². The summed E-state index contributed by atoms with van der Waals surface area (Å²) in [5.41, 5.74) is 8.92. The van der Waals surface area contributed by atoms with E-state index in [9.17, 15) is 0 Å². The van der Waals surface area contributed by atoms with Crippen LogP contribution in [-0.4, -0.2) is 16.2 Å². The summed E-state index contributed by atoms with van der Waals surface area (Å²) in [5.74, 6) is 1.53. The number of amidine groups is 2. The molecular formula is C51H34N4. The van der Waals surface area contributed by atoms with Gasteiger partial charge in [0.1, 0.15) is 12.0 Å². The zero-order valence-corrected chi connectivity index (χ0v) is 29.9. The highest BCUT2D eigenvalue weighted by Crippen LogP contribution is 2.39. The van der Waals surface area contributed by atoms with Crippen LogP contribution in [0, 0.1) is 0 Å². The fourth-order valence-corrected chi connectivity index (χ4v) is 8.35. The first-order chi connectivity index (χ1) is 27.2. The largest absolute Gasteiger partial charge is 0.344 e. The summed E-state index contributed by atoms with van der Waals surface area (Å²) in [7, 11) is 0. The molecule has 1 aromatic heterocycles. The number of rotatable bonds is 5. The standard InChI is InChI=1S/C51H34N4/c1-3-13-35(14-4-1)49-52-50(36-15-5-2-6-16-36)54-51(53-49)40-18-11-17-37(30-40)38-24-22-34-26-29-47-48(45(34)32-38)44-20-9-10-21-46(44)55(47)41-27-28-43-39(31-41)25-23-33-12-7-8-19-42(33)43/h1-32,49H,(H,52,53,54). The Morgan fingerprint density at radius 2 is 1.07 bits per heavy atom. The first-order valence-electron chi connectivity index (χ1n) is 18.8. The molecule has 0 saturated heterocycles. The molecule has 1 unspecified atom stereocenters. The lowest BCUT2D eigenvalue weighted by Gasteiger charge is -2.23. The Balaban J connectivity index is 1.05. The molecule has 0 radical (unpaired) electrons. The van der Waals surface area contributed by atoms with Crippen LogP contribution in [0.1, 0.15) is 22.9 Å². The molecule has 11 rings (SSSR count). The van der Waals surface area contributed by atoms with Gasteiger partial charge in [0.25, 0.3) is 0 Å². The molecule has 1 N–H and O–H groups in total. The molecule has 9 aromatic carbocycles. The topological polar surface area (TPSA) is 41.7 Å². The summed E-state index contributed by atoms with van der Waals surface area (Å²) in [4.78, 5) is 10.2. The van der Waals surface area contributed by atoms with Gasteiger partial charge in [-0.05, 0) is 85.4 Å². The van der Waals surface area contributed by atoms with E-state index in [1.807, 2.05) is 24.3 Å². The minimum absolute atomic E-state index is 0.249. The zero-order valence-electron chi connectivity index (χ0n) is 29.9. The van der Waals surface area contributed by atoms with Gasteiger partial charge in [-0.15, -0.1) is 0 Å². The maximum atomic E-state index is 5.14. The monoisotopic (exact) mass is 702 g/mol. The fraction of sp³-hybridized carbons (Fsp3) is 0.0196. The number of fused-ring (bicyclic) bond motifs is 8. The van der Waals surface area contributed by atoms with Crippen molar-refractivity contribution in [1.29, 1.82) is 0 Å². The van der Waals surface area contributed by atoms with Crippen LogP contribution in [0.3, 0.4) is 0 Å². The van der Waals surface area contributed by atoms with E-state index in [0.717, 1.165) is 39.3 Å². The number of aromatic nitrogens is 1. The number of aliphatic imine (C=N–C) groups is 2. The van der Waals surface area contributed by atoms with Gasteiger partial charge in [0.2, 0.25) is 0 Å². The molecule has 0 amide bonds. The predicted molar refractivity (Wildman–Crippen MR) is 231 cm³/mol. The van der Waals surface area contributed by atoms with E-state index in [1.165, 1.54) is 54.1 Å². The molecule has 2 heterocycles. The maximum absolute atomic E-state index is 5.14. The summed E-state index contributed by atoms with van der Waals surface area (Å²) in [6.07, 6.45) is -0.249. The van der Waals surface area contributed by atoms with Crippen molar-refractivity contribution in [3.63, 3.8) is 0 Å². The van der Waals surface area contributed by atoms with Crippen LogP contribution in [0.5, 0.6) is 0 Å². The SMILES string of the molecule is c1ccc(C2=NC(c3cccc(-c4ccc5ccc6c(c5c4)c4ccccc4n6-c4ccc5c(ccc6ccccc65)c4)c3)=NC(c3ccccc3)N2)cc1. The minimum Gasteiger partial charge on any atom is -0.344 e. The Morgan fingerprint density at radius 1 is 0.418 bits per heavy atom. The number of para-hydroxylation sites is 1. The fourth-order valence-electron chi connectivity index (χ4n) is 8.35. The van der Waals surface area contributed by atoms with E-state index < -0.39 is 0 Å². The number of nitrogens with zero attached hydrogens (tertiary/aromatic N) is 3. The van der Waals surface area contributed by atoms with Gasteiger partial charge >= 0.3 is 0 Å². The van der Waals surface area contributed by atoms with Crippen LogP contribution in [-0.2, 0) is 0 Å². The first kappa shape index (κ1) is 31.2. The summed E-state index contributed by atoms with van der Waals surface area (Å²) in [6, 6.07) is 69.4. The third kappa shape index (κ3) is 5.30. The Kier molecular flexibility index (Phi) is 7.20. The lowest BCUT2D eigenvalue weighted by molar-refractivity contribution is 0.674. The van der Waals surface area contributed by atoms with Crippen LogP contribution in [0.2, 0.25) is 0 Å². The lowest BCUT2D eigenvalue weighted by atomic mass is 9.97. The van der Waals surface area contributed by atoms with Gasteiger partial charge in [-0.2, -0.15) is 0 Å². The predicted octanol–water partition coefficient (Wildman–Crippen LogP) is 12.4. The average Bonchev–Trinajstić information content (AvgIpc) is 3.61. The van der Waals surface area contributed by atoms with E-state index in [1.54, 1.807) is 0 Å². The van der Waals surface area contributed by atoms with Crippen molar-refractivity contribution in [2.75, 3.05) is 0 Å². The molecule has 0 bridgehead atoms. The third-order valence-corrected chi connectivity index (χ3v) is 11.0. The summed E-state index contributed by atoms with van der Waals surface area (Å²) >= 11 is 0. The highest BCUT2D eigenvalue weighted by atomic mass is 15.2. The Labute approximate surface area is 318 Å². The molecule has 4 nitrogen and oxygen atoms in total. The highest BCUT2D eigenvalue weighted by Gasteiger charge is 2.21. The minimum atomic E-state index is -0.249. The van der Waals surface area contributed by atoms with Crippen molar-refractivity contribution < 1.29 is 0 Å². The van der Waals surface area contributed by atoms with Gasteiger partial charge in [0, 0.05) is 27.6 Å². The third-order valence-electron chi connectivity index (χ3n) is 11.0. The van der Waals surface area contributed by atoms with E-state index in [-0.39, 0.29) is 6.17 Å². The molecule has 258 valence electrons. The van der Waals surface area contributed by atoms with Gasteiger partial charge in [-0.25, -0.2) is 9.98 Å². The van der Waals surface area contributed by atoms with Crippen LogP contribution in [0.25, 0.3) is 70.9 Å². The van der Waals surface area contributed by atoms with E-state index in [4.69, 9.17) is 9.98 Å². The van der Waals surface area contributed by atoms with E-state index in [2.05, 4.69) is 180 Å². The van der Waals surface area contributed by atoms with Crippen molar-refractivity contribution in [3.05, 3.63) is 211 Å². The second-order valence-corrected chi connectivity index (χ2v) is 14.3. The van der Waals surface area contributed by atoms with Crippen LogP contribution in [0.15, 0.2) is 204 Å². The van der Waals surface area contributed by atoms with Crippen molar-refractivity contribution in [1.82, 2.24) is 9.88 Å². The average molecular weight is 703 g/mol. The first-order valence-corrected chi connectivity index (χ1v) is 18.8. The quantitative estimate of drug-likeness (QED) is 0.178. The molecule has 55 heavy (non-hydrogen) atoms. The van der Waals surface area contributed by atoms with E-state index >= 15 is 0 Å². The number of benzene rings is 9. The molecule has 1 atom stereocenters. The van der Waals surface area contributed by atoms with Crippen LogP contribution >= 0.6 is 0 Å². The summed E-state index contributed by atoms with van der Waals surface area (Å²) in [6.45, 7) is 0. The van der Waals surface area contributed by atoms with Crippen molar-refractivity contribution in [2.45, 2.75) is 6.17 Å². The lowest BCUT2D eigenvalue weighted by Crippen LogP contribution is -2.33. The molecule has 0 fully saturated rings. The maximum Gasteiger partial charge on any atom is 0.159 e. The van der Waals surface area contributed by atoms with Gasteiger partial charge in [0.15, 0.2) is 5.84 Å². The summed E-state index contributed by atoms with van der Waals surface area (Å²) in [5, 5.41) is 13.6. The van der Waals surface area contributed by atoms with Crippen LogP contribution in [0.4, 0.5) is 0 Å². The molecule has 0 aliphatic carbocycles. The van der Waals surface area contributed by atoms with Crippen molar-refractivity contribution in [3.8, 4) is 16.8 Å². The molecule has 0 saturated carbocycles. The van der Waals surface area contributed by atoms with Crippen molar-refractivity contribution >= 4 is 65.8 Å². The second kappa shape index (κ2) is 12.7. The Morgan fingerprint density at radius 3 is 1.96 bits per heavy atom. The van der Waals surface area contributed by atoms with Crippen molar-refractivity contribution in [2.24, 2.45) is 9.98 Å². The molecule has 1 aliphatic heterocycles. The van der Waals surface area contributed by atoms with Gasteiger partial charge in [0.05, 0.1) is 11.0 Å². The van der Waals surface area contributed by atoms with Gasteiger partial charge in [-0.3, -0.25) is 0 Å². The normalized spacial score (nSPS) is 14.4. The Bertz CT molecular complexity index is 3170. The molecule has 1 aliphatic rings. The number of nitrogens with one attached hydrogen (secondary N) is 1. The zero-order chi connectivity index (χ0) is 36.3. The van der Waals surface area contributed by atoms with Gasteiger partial charge in [-0.1, -0.05) is 158 Å². The molecule has 10 aromatic rings.